The molecular formula is C16H25N6O2+. The second kappa shape index (κ2) is 6.33. The third-order valence-electron chi connectivity index (χ3n) is 4.65. The Balaban J connectivity index is 1.87. The molecule has 0 radical (unpaired) electrons. The molecule has 3 aliphatic heterocycles. The molecule has 1 unspecified atom stereocenters. The van der Waals surface area contributed by atoms with E-state index in [4.69, 9.17) is 0 Å². The SMILES string of the molecule is CCCCCCN1N=C(C)C[N+]2=C1N=C1C2C(=O)N(C)C(=O)N1C. The van der Waals surface area contributed by atoms with Crippen LogP contribution in [0.5, 0.6) is 0 Å². The first-order valence-electron chi connectivity index (χ1n) is 8.54. The molecule has 0 aliphatic carbocycles. The highest BCUT2D eigenvalue weighted by atomic mass is 16.2. The summed E-state index contributed by atoms with van der Waals surface area (Å²) in [6, 6.07) is -0.876. The van der Waals surface area contributed by atoms with Crippen molar-refractivity contribution in [3.05, 3.63) is 0 Å². The number of aliphatic imine (C=N–C) groups is 1. The van der Waals surface area contributed by atoms with Crippen LogP contribution in [0.3, 0.4) is 0 Å². The number of likely N-dealkylation sites (N-methyl/N-ethyl adjacent to an activating group) is 2. The Kier molecular flexibility index (Phi) is 4.38. The highest BCUT2D eigenvalue weighted by molar-refractivity contribution is 6.23. The number of fused-ring (bicyclic) bond motifs is 2. The minimum absolute atomic E-state index is 0.229. The number of amidine groups is 1. The summed E-state index contributed by atoms with van der Waals surface area (Å²) >= 11 is 0. The number of carbonyl (C=O) groups excluding carboxylic acids is 2. The number of nitrogens with zero attached hydrogens (tertiary/aromatic N) is 6. The zero-order chi connectivity index (χ0) is 17.4. The van der Waals surface area contributed by atoms with E-state index in [1.54, 1.807) is 7.05 Å². The van der Waals surface area contributed by atoms with Crippen molar-refractivity contribution < 1.29 is 14.2 Å². The monoisotopic (exact) mass is 333 g/mol. The van der Waals surface area contributed by atoms with Gasteiger partial charge in [-0.05, 0) is 13.3 Å². The van der Waals surface area contributed by atoms with Crippen LogP contribution in [0, 0.1) is 0 Å². The molecule has 3 amide bonds. The van der Waals surface area contributed by atoms with E-state index in [0.29, 0.717) is 18.3 Å². The van der Waals surface area contributed by atoms with E-state index >= 15 is 0 Å². The van der Waals surface area contributed by atoms with Crippen LogP contribution in [-0.4, -0.2) is 82.1 Å². The van der Waals surface area contributed by atoms with Crippen LogP contribution in [0.2, 0.25) is 0 Å². The number of amides is 3. The van der Waals surface area contributed by atoms with Crippen molar-refractivity contribution in [3.63, 3.8) is 0 Å². The zero-order valence-corrected chi connectivity index (χ0v) is 14.8. The van der Waals surface area contributed by atoms with Gasteiger partial charge in [-0.1, -0.05) is 31.2 Å². The van der Waals surface area contributed by atoms with Crippen LogP contribution in [0.25, 0.3) is 0 Å². The molecule has 1 atom stereocenters. The second-order valence-electron chi connectivity index (χ2n) is 6.56. The molecule has 0 bridgehead atoms. The van der Waals surface area contributed by atoms with Gasteiger partial charge in [-0.25, -0.2) is 9.37 Å². The van der Waals surface area contributed by atoms with E-state index in [9.17, 15) is 9.59 Å². The minimum atomic E-state index is -0.531. The van der Waals surface area contributed by atoms with Crippen LogP contribution >= 0.6 is 0 Å². The number of rotatable bonds is 5. The van der Waals surface area contributed by atoms with E-state index in [1.165, 1.54) is 29.7 Å². The highest BCUT2D eigenvalue weighted by Crippen LogP contribution is 2.22. The summed E-state index contributed by atoms with van der Waals surface area (Å²) in [7, 11) is 3.18. The molecule has 3 heterocycles. The van der Waals surface area contributed by atoms with Gasteiger partial charge in [0.1, 0.15) is 6.54 Å². The van der Waals surface area contributed by atoms with E-state index in [0.717, 1.165) is 25.1 Å². The van der Waals surface area contributed by atoms with Crippen molar-refractivity contribution in [3.8, 4) is 0 Å². The Labute approximate surface area is 142 Å². The first kappa shape index (κ1) is 16.6. The fourth-order valence-corrected chi connectivity index (χ4v) is 3.32. The number of hydrogen-bond acceptors (Lipinski definition) is 5. The van der Waals surface area contributed by atoms with Gasteiger partial charge in [0.15, 0.2) is 0 Å². The van der Waals surface area contributed by atoms with Gasteiger partial charge in [-0.2, -0.15) is 0 Å². The van der Waals surface area contributed by atoms with Gasteiger partial charge in [0.25, 0.3) is 5.91 Å². The lowest BCUT2D eigenvalue weighted by atomic mass is 10.1. The van der Waals surface area contributed by atoms with Gasteiger partial charge in [0.2, 0.25) is 11.9 Å². The van der Waals surface area contributed by atoms with Crippen LogP contribution in [0.4, 0.5) is 4.79 Å². The topological polar surface area (TPSA) is 71.6 Å². The van der Waals surface area contributed by atoms with E-state index in [2.05, 4.69) is 17.0 Å². The van der Waals surface area contributed by atoms with Crippen molar-refractivity contribution in [1.29, 1.82) is 0 Å². The molecule has 8 nitrogen and oxygen atoms in total. The zero-order valence-electron chi connectivity index (χ0n) is 14.8. The fraction of sp³-hybridized carbons (Fsp3) is 0.688. The maximum atomic E-state index is 12.6. The lowest BCUT2D eigenvalue weighted by molar-refractivity contribution is -0.527. The van der Waals surface area contributed by atoms with Crippen molar-refractivity contribution in [2.45, 2.75) is 45.6 Å². The van der Waals surface area contributed by atoms with E-state index < -0.39 is 6.04 Å². The molecular weight excluding hydrogens is 308 g/mol. The number of guanidine groups is 1. The maximum Gasteiger partial charge on any atom is 0.416 e. The molecule has 3 aliphatic rings. The van der Waals surface area contributed by atoms with Crippen molar-refractivity contribution in [2.24, 2.45) is 10.1 Å². The average molecular weight is 333 g/mol. The highest BCUT2D eigenvalue weighted by Gasteiger charge is 2.53. The summed E-state index contributed by atoms with van der Waals surface area (Å²) in [4.78, 5) is 32.0. The Morgan fingerprint density at radius 2 is 1.92 bits per heavy atom. The summed E-state index contributed by atoms with van der Waals surface area (Å²) in [5.41, 5.74) is 0.945. The molecule has 0 aromatic rings. The number of hydrogen-bond donors (Lipinski definition) is 0. The van der Waals surface area contributed by atoms with Gasteiger partial charge in [0.05, 0.1) is 12.3 Å². The first-order valence-corrected chi connectivity index (χ1v) is 8.54. The Morgan fingerprint density at radius 1 is 1.17 bits per heavy atom. The average Bonchev–Trinajstić information content (AvgIpc) is 2.94. The largest absolute Gasteiger partial charge is 0.416 e. The van der Waals surface area contributed by atoms with Crippen LogP contribution < -0.4 is 0 Å². The minimum Gasteiger partial charge on any atom is -0.270 e. The summed E-state index contributed by atoms with van der Waals surface area (Å²) < 4.78 is 1.96. The number of unbranched alkanes of at least 4 members (excludes halogenated alkanes) is 3. The number of hydrazone groups is 1. The third-order valence-corrected chi connectivity index (χ3v) is 4.65. The van der Waals surface area contributed by atoms with Gasteiger partial charge in [0, 0.05) is 14.1 Å². The Hall–Kier alpha value is -2.25. The molecule has 0 spiro atoms. The van der Waals surface area contributed by atoms with Crippen LogP contribution in [0.15, 0.2) is 10.1 Å². The molecule has 0 N–H and O–H groups in total. The van der Waals surface area contributed by atoms with Crippen molar-refractivity contribution in [1.82, 2.24) is 14.8 Å². The Morgan fingerprint density at radius 3 is 2.62 bits per heavy atom. The summed E-state index contributed by atoms with van der Waals surface area (Å²) in [5, 5.41) is 6.48. The summed E-state index contributed by atoms with van der Waals surface area (Å²) in [6.07, 6.45) is 4.56. The smallest absolute Gasteiger partial charge is 0.270 e. The van der Waals surface area contributed by atoms with E-state index in [1.807, 2.05) is 16.5 Å². The molecule has 8 heteroatoms. The second-order valence-corrected chi connectivity index (χ2v) is 6.56. The van der Waals surface area contributed by atoms with Gasteiger partial charge < -0.3 is 0 Å². The third kappa shape index (κ3) is 2.59. The molecule has 130 valence electrons. The summed E-state index contributed by atoms with van der Waals surface area (Å²) in [5.74, 6) is 0.953. The predicted molar refractivity (Wildman–Crippen MR) is 91.2 cm³/mol. The molecule has 3 rings (SSSR count). The van der Waals surface area contributed by atoms with Crippen LogP contribution in [0.1, 0.15) is 39.5 Å². The van der Waals surface area contributed by atoms with Crippen molar-refractivity contribution in [2.75, 3.05) is 27.2 Å². The summed E-state index contributed by atoms with van der Waals surface area (Å²) in [6.45, 7) is 5.47. The van der Waals surface area contributed by atoms with Gasteiger partial charge >= 0.3 is 12.0 Å². The quantitative estimate of drug-likeness (QED) is 0.555. The number of imide groups is 1. The molecule has 1 saturated heterocycles. The Bertz CT molecular complexity index is 665. The van der Waals surface area contributed by atoms with E-state index in [-0.39, 0.29) is 11.9 Å². The predicted octanol–water partition coefficient (Wildman–Crippen LogP) is 0.931. The van der Waals surface area contributed by atoms with Crippen LogP contribution in [-0.2, 0) is 4.79 Å². The molecule has 24 heavy (non-hydrogen) atoms. The molecule has 0 aromatic heterocycles. The number of carbonyl (C=O) groups is 2. The van der Waals surface area contributed by atoms with Gasteiger partial charge in [-0.3, -0.25) is 14.6 Å². The lowest BCUT2D eigenvalue weighted by Gasteiger charge is -2.32. The molecule has 0 saturated carbocycles. The maximum absolute atomic E-state index is 12.6. The molecule has 0 aromatic carbocycles. The van der Waals surface area contributed by atoms with Gasteiger partial charge in [-0.15, -0.1) is 10.1 Å². The lowest BCUT2D eigenvalue weighted by Crippen LogP contribution is -2.62. The fourth-order valence-electron chi connectivity index (χ4n) is 3.32. The van der Waals surface area contributed by atoms with Crippen molar-refractivity contribution >= 4 is 29.4 Å². The normalized spacial score (nSPS) is 23.5. The first-order chi connectivity index (χ1) is 11.5. The standard InChI is InChI=1S/C16H25N6O2/c1-5-6-7-8-9-22-15-17-13-12(21(15)10-11(2)18-22)14(23)20(4)16(24)19(13)3/h12H,5-10H2,1-4H3/q+1. The number of urea groups is 1. The molecule has 1 fully saturated rings.